The molecular weight excluding hydrogens is 320 g/mol. The molecule has 0 bridgehead atoms. The SMILES string of the molecule is O=c1c2ccc(Cl)cc2c2c(-c3ccccc3)nc3cccc1n32. The summed E-state index contributed by atoms with van der Waals surface area (Å²) < 4.78 is 1.93. The fourth-order valence-corrected chi connectivity index (χ4v) is 3.54. The highest BCUT2D eigenvalue weighted by Gasteiger charge is 2.18. The molecule has 0 fully saturated rings. The largest absolute Gasteiger partial charge is 0.288 e. The van der Waals surface area contributed by atoms with Gasteiger partial charge in [-0.3, -0.25) is 9.20 Å². The van der Waals surface area contributed by atoms with Gasteiger partial charge in [0, 0.05) is 21.4 Å². The Morgan fingerprint density at radius 3 is 2.54 bits per heavy atom. The van der Waals surface area contributed by atoms with Crippen LogP contribution in [0.25, 0.3) is 38.7 Å². The molecule has 2 aromatic carbocycles. The molecule has 4 heteroatoms. The van der Waals surface area contributed by atoms with Gasteiger partial charge in [0.1, 0.15) is 5.65 Å². The normalized spacial score (nSPS) is 11.7. The topological polar surface area (TPSA) is 34.4 Å². The summed E-state index contributed by atoms with van der Waals surface area (Å²) in [6.07, 6.45) is 0. The van der Waals surface area contributed by atoms with Crippen LogP contribution >= 0.6 is 11.6 Å². The fourth-order valence-electron chi connectivity index (χ4n) is 3.36. The molecular formula is C20H11ClN2O. The number of pyridine rings is 2. The Morgan fingerprint density at radius 1 is 0.875 bits per heavy atom. The second kappa shape index (κ2) is 4.79. The Morgan fingerprint density at radius 2 is 1.71 bits per heavy atom. The van der Waals surface area contributed by atoms with Crippen LogP contribution in [0.2, 0.25) is 5.02 Å². The predicted octanol–water partition coefficient (Wildman–Crippen LogP) is 4.76. The summed E-state index contributed by atoms with van der Waals surface area (Å²) in [5, 5.41) is 2.10. The van der Waals surface area contributed by atoms with Gasteiger partial charge in [0.25, 0.3) is 0 Å². The van der Waals surface area contributed by atoms with Gasteiger partial charge < -0.3 is 0 Å². The molecule has 0 saturated heterocycles. The van der Waals surface area contributed by atoms with E-state index in [-0.39, 0.29) is 5.43 Å². The molecule has 0 spiro atoms. The monoisotopic (exact) mass is 330 g/mol. The molecule has 0 aliphatic heterocycles. The highest BCUT2D eigenvalue weighted by atomic mass is 35.5. The van der Waals surface area contributed by atoms with E-state index in [1.807, 2.05) is 59.0 Å². The van der Waals surface area contributed by atoms with Crippen LogP contribution in [0.5, 0.6) is 0 Å². The van der Waals surface area contributed by atoms with Crippen LogP contribution in [0, 0.1) is 0 Å². The first-order valence-corrected chi connectivity index (χ1v) is 8.03. The molecule has 5 aromatic rings. The van der Waals surface area contributed by atoms with E-state index in [4.69, 9.17) is 16.6 Å². The number of fused-ring (bicyclic) bond motifs is 2. The van der Waals surface area contributed by atoms with Crippen molar-refractivity contribution in [2.24, 2.45) is 0 Å². The minimum absolute atomic E-state index is 0.00298. The molecule has 0 radical (unpaired) electrons. The lowest BCUT2D eigenvalue weighted by atomic mass is 10.1. The summed E-state index contributed by atoms with van der Waals surface area (Å²) in [7, 11) is 0. The first kappa shape index (κ1) is 13.5. The van der Waals surface area contributed by atoms with E-state index in [1.54, 1.807) is 12.1 Å². The smallest absolute Gasteiger partial charge is 0.210 e. The van der Waals surface area contributed by atoms with E-state index in [0.29, 0.717) is 15.9 Å². The van der Waals surface area contributed by atoms with Crippen molar-refractivity contribution in [2.75, 3.05) is 0 Å². The highest BCUT2D eigenvalue weighted by molar-refractivity contribution is 6.31. The number of imidazole rings is 1. The van der Waals surface area contributed by atoms with E-state index in [0.717, 1.165) is 27.8 Å². The molecule has 0 N–H and O–H groups in total. The van der Waals surface area contributed by atoms with Crippen LogP contribution < -0.4 is 5.43 Å². The predicted molar refractivity (Wildman–Crippen MR) is 98.1 cm³/mol. The number of hydrogen-bond acceptors (Lipinski definition) is 2. The Kier molecular flexibility index (Phi) is 2.70. The van der Waals surface area contributed by atoms with Gasteiger partial charge in [0.15, 0.2) is 0 Å². The zero-order chi connectivity index (χ0) is 16.3. The summed E-state index contributed by atoms with van der Waals surface area (Å²) in [6, 6.07) is 21.0. The Hall–Kier alpha value is -2.91. The molecule has 0 aliphatic rings. The molecule has 3 aromatic heterocycles. The lowest BCUT2D eigenvalue weighted by Gasteiger charge is -2.07. The number of halogens is 1. The highest BCUT2D eigenvalue weighted by Crippen LogP contribution is 2.33. The molecule has 114 valence electrons. The van der Waals surface area contributed by atoms with Gasteiger partial charge in [0.05, 0.1) is 16.7 Å². The minimum atomic E-state index is -0.00298. The number of hydrogen-bond donors (Lipinski definition) is 0. The molecule has 0 amide bonds. The van der Waals surface area contributed by atoms with E-state index in [1.165, 1.54) is 0 Å². The first-order chi connectivity index (χ1) is 11.7. The molecule has 3 nitrogen and oxygen atoms in total. The maximum Gasteiger partial charge on any atom is 0.210 e. The van der Waals surface area contributed by atoms with E-state index < -0.39 is 0 Å². The summed E-state index contributed by atoms with van der Waals surface area (Å²) in [5.74, 6) is 0. The standard InChI is InChI=1S/C20H11ClN2O/c21-13-9-10-14-15(11-13)19-18(12-5-2-1-3-6-12)22-17-8-4-7-16(20(14)24)23(17)19/h1-11H. The van der Waals surface area contributed by atoms with Gasteiger partial charge in [-0.25, -0.2) is 4.98 Å². The quantitative estimate of drug-likeness (QED) is 0.415. The van der Waals surface area contributed by atoms with Gasteiger partial charge in [0.2, 0.25) is 5.43 Å². The van der Waals surface area contributed by atoms with Gasteiger partial charge in [-0.1, -0.05) is 48.0 Å². The Balaban J connectivity index is 2.12. The van der Waals surface area contributed by atoms with Crippen molar-refractivity contribution in [1.82, 2.24) is 9.38 Å². The van der Waals surface area contributed by atoms with Crippen molar-refractivity contribution < 1.29 is 0 Å². The van der Waals surface area contributed by atoms with Crippen LogP contribution in [-0.4, -0.2) is 9.38 Å². The number of rotatable bonds is 1. The van der Waals surface area contributed by atoms with Crippen LogP contribution in [-0.2, 0) is 0 Å². The maximum atomic E-state index is 12.9. The van der Waals surface area contributed by atoms with E-state index in [9.17, 15) is 4.79 Å². The van der Waals surface area contributed by atoms with Crippen molar-refractivity contribution in [2.45, 2.75) is 0 Å². The third kappa shape index (κ3) is 1.73. The zero-order valence-corrected chi connectivity index (χ0v) is 13.3. The third-order valence-electron chi connectivity index (χ3n) is 4.40. The van der Waals surface area contributed by atoms with E-state index in [2.05, 4.69) is 0 Å². The van der Waals surface area contributed by atoms with Gasteiger partial charge in [-0.2, -0.15) is 0 Å². The molecule has 0 saturated carbocycles. The summed E-state index contributed by atoms with van der Waals surface area (Å²) in [6.45, 7) is 0. The summed E-state index contributed by atoms with van der Waals surface area (Å²) >= 11 is 6.21. The van der Waals surface area contributed by atoms with Crippen molar-refractivity contribution in [3.05, 3.63) is 82.0 Å². The third-order valence-corrected chi connectivity index (χ3v) is 4.64. The van der Waals surface area contributed by atoms with Crippen molar-refractivity contribution in [3.63, 3.8) is 0 Å². The number of aromatic nitrogens is 2. The van der Waals surface area contributed by atoms with Crippen LogP contribution in [0.15, 0.2) is 71.5 Å². The van der Waals surface area contributed by atoms with Crippen LogP contribution in [0.4, 0.5) is 0 Å². The zero-order valence-electron chi connectivity index (χ0n) is 12.5. The second-order valence-corrected chi connectivity index (χ2v) is 6.24. The molecule has 3 heterocycles. The molecule has 24 heavy (non-hydrogen) atoms. The van der Waals surface area contributed by atoms with Gasteiger partial charge in [-0.15, -0.1) is 0 Å². The molecule has 5 rings (SSSR count). The molecule has 0 unspecified atom stereocenters. The maximum absolute atomic E-state index is 12.9. The Bertz CT molecular complexity index is 1280. The summed E-state index contributed by atoms with van der Waals surface area (Å²) in [5.41, 5.74) is 4.19. The minimum Gasteiger partial charge on any atom is -0.288 e. The van der Waals surface area contributed by atoms with Crippen molar-refractivity contribution >= 4 is 39.1 Å². The fraction of sp³-hybridized carbons (Fsp3) is 0. The molecule has 0 atom stereocenters. The second-order valence-electron chi connectivity index (χ2n) is 5.80. The van der Waals surface area contributed by atoms with Gasteiger partial charge >= 0.3 is 0 Å². The van der Waals surface area contributed by atoms with Crippen LogP contribution in [0.3, 0.4) is 0 Å². The Labute approximate surface area is 142 Å². The van der Waals surface area contributed by atoms with Crippen molar-refractivity contribution in [3.8, 4) is 11.3 Å². The summed E-state index contributed by atoms with van der Waals surface area (Å²) in [4.78, 5) is 17.6. The lowest BCUT2D eigenvalue weighted by Crippen LogP contribution is -2.07. The number of nitrogens with zero attached hydrogens (tertiary/aromatic N) is 2. The average molecular weight is 331 g/mol. The first-order valence-electron chi connectivity index (χ1n) is 7.65. The average Bonchev–Trinajstić information content (AvgIpc) is 3.01. The lowest BCUT2D eigenvalue weighted by molar-refractivity contribution is 1.28. The molecule has 0 aliphatic carbocycles. The van der Waals surface area contributed by atoms with Crippen LogP contribution in [0.1, 0.15) is 0 Å². The van der Waals surface area contributed by atoms with Crippen molar-refractivity contribution in [1.29, 1.82) is 0 Å². The van der Waals surface area contributed by atoms with Gasteiger partial charge in [-0.05, 0) is 30.3 Å². The number of benzene rings is 2. The van der Waals surface area contributed by atoms with E-state index >= 15 is 0 Å².